The molecule has 0 atom stereocenters. The average Bonchev–Trinajstić information content (AvgIpc) is 2.73. The molecule has 2 aromatic carbocycles. The van der Waals surface area contributed by atoms with E-state index >= 15 is 0 Å². The number of benzene rings is 2. The molecule has 156 valence electrons. The lowest BCUT2D eigenvalue weighted by Crippen LogP contribution is -2.54. The zero-order valence-corrected chi connectivity index (χ0v) is 18.0. The van der Waals surface area contributed by atoms with Crippen LogP contribution in [0.2, 0.25) is 0 Å². The number of thiocarbonyl (C=S) groups is 1. The minimum atomic E-state index is -0.529. The van der Waals surface area contributed by atoms with Crippen LogP contribution in [0.4, 0.5) is 5.69 Å². The minimum Gasteiger partial charge on any atom is -0.490 e. The van der Waals surface area contributed by atoms with E-state index in [0.29, 0.717) is 36.0 Å². The SMILES string of the molecule is CCOc1ccc(C=C2C(=O)NC(=S)N(c3ccc(CC)cc3)C2=O)cc1OCC. The Morgan fingerprint density at radius 2 is 1.63 bits per heavy atom. The van der Waals surface area contributed by atoms with Crippen molar-refractivity contribution in [1.29, 1.82) is 0 Å². The van der Waals surface area contributed by atoms with Crippen LogP contribution in [0.3, 0.4) is 0 Å². The van der Waals surface area contributed by atoms with Gasteiger partial charge in [-0.3, -0.25) is 19.8 Å². The highest BCUT2D eigenvalue weighted by molar-refractivity contribution is 7.80. The van der Waals surface area contributed by atoms with Gasteiger partial charge in [0.2, 0.25) is 0 Å². The molecule has 0 unspecified atom stereocenters. The summed E-state index contributed by atoms with van der Waals surface area (Å²) in [6.45, 7) is 6.79. The van der Waals surface area contributed by atoms with Gasteiger partial charge in [0, 0.05) is 0 Å². The number of rotatable bonds is 7. The molecule has 2 aromatic rings. The summed E-state index contributed by atoms with van der Waals surface area (Å²) in [5.74, 6) is 0.165. The Labute approximate surface area is 181 Å². The van der Waals surface area contributed by atoms with E-state index in [9.17, 15) is 9.59 Å². The average molecular weight is 425 g/mol. The molecule has 7 heteroatoms. The Kier molecular flexibility index (Phi) is 6.84. The second kappa shape index (κ2) is 9.54. The molecule has 0 aromatic heterocycles. The second-order valence-electron chi connectivity index (χ2n) is 6.55. The quantitative estimate of drug-likeness (QED) is 0.415. The fraction of sp³-hybridized carbons (Fsp3) is 0.261. The molecule has 0 aliphatic carbocycles. The Hall–Kier alpha value is -3.19. The van der Waals surface area contributed by atoms with Crippen molar-refractivity contribution in [2.75, 3.05) is 18.1 Å². The zero-order valence-electron chi connectivity index (χ0n) is 17.2. The van der Waals surface area contributed by atoms with Gasteiger partial charge in [0.1, 0.15) is 5.57 Å². The first kappa shape index (κ1) is 21.5. The molecule has 1 aliphatic heterocycles. The highest BCUT2D eigenvalue weighted by atomic mass is 32.1. The summed E-state index contributed by atoms with van der Waals surface area (Å²) < 4.78 is 11.2. The third-order valence-electron chi connectivity index (χ3n) is 4.58. The Morgan fingerprint density at radius 3 is 2.27 bits per heavy atom. The maximum absolute atomic E-state index is 13.1. The molecule has 1 fully saturated rings. The van der Waals surface area contributed by atoms with E-state index in [1.165, 1.54) is 11.0 Å². The van der Waals surface area contributed by atoms with E-state index in [2.05, 4.69) is 12.2 Å². The van der Waals surface area contributed by atoms with Gasteiger partial charge >= 0.3 is 0 Å². The van der Waals surface area contributed by atoms with E-state index in [1.807, 2.05) is 38.1 Å². The second-order valence-corrected chi connectivity index (χ2v) is 6.94. The lowest BCUT2D eigenvalue weighted by Gasteiger charge is -2.29. The molecular formula is C23H24N2O4S. The van der Waals surface area contributed by atoms with Crippen molar-refractivity contribution in [2.45, 2.75) is 27.2 Å². The number of amides is 2. The molecule has 0 saturated carbocycles. The molecular weight excluding hydrogens is 400 g/mol. The molecule has 1 heterocycles. The molecule has 2 amide bonds. The third-order valence-corrected chi connectivity index (χ3v) is 4.87. The molecule has 30 heavy (non-hydrogen) atoms. The van der Waals surface area contributed by atoms with Gasteiger partial charge in [-0.15, -0.1) is 0 Å². The number of anilines is 1. The fourth-order valence-electron chi connectivity index (χ4n) is 3.10. The number of carbonyl (C=O) groups excluding carboxylic acids is 2. The topological polar surface area (TPSA) is 67.9 Å². The van der Waals surface area contributed by atoms with Crippen molar-refractivity contribution in [3.05, 3.63) is 59.2 Å². The Morgan fingerprint density at radius 1 is 0.967 bits per heavy atom. The van der Waals surface area contributed by atoms with Crippen LogP contribution in [0, 0.1) is 0 Å². The van der Waals surface area contributed by atoms with Crippen LogP contribution in [-0.4, -0.2) is 30.1 Å². The van der Waals surface area contributed by atoms with Gasteiger partial charge in [-0.2, -0.15) is 0 Å². The molecule has 3 rings (SSSR count). The number of hydrogen-bond acceptors (Lipinski definition) is 5. The van der Waals surface area contributed by atoms with E-state index < -0.39 is 11.8 Å². The van der Waals surface area contributed by atoms with Crippen molar-refractivity contribution < 1.29 is 19.1 Å². The van der Waals surface area contributed by atoms with Crippen LogP contribution in [0.1, 0.15) is 31.9 Å². The Bertz CT molecular complexity index is 999. The monoisotopic (exact) mass is 424 g/mol. The zero-order chi connectivity index (χ0) is 21.7. The van der Waals surface area contributed by atoms with Gasteiger partial charge < -0.3 is 9.47 Å². The predicted molar refractivity (Wildman–Crippen MR) is 121 cm³/mol. The number of nitrogens with one attached hydrogen (secondary N) is 1. The van der Waals surface area contributed by atoms with Crippen molar-refractivity contribution >= 4 is 40.9 Å². The smallest absolute Gasteiger partial charge is 0.270 e. The van der Waals surface area contributed by atoms with Crippen LogP contribution in [-0.2, 0) is 16.0 Å². The normalized spacial score (nSPS) is 15.4. The minimum absolute atomic E-state index is 0.00484. The molecule has 1 N–H and O–H groups in total. The Balaban J connectivity index is 1.96. The first-order valence-corrected chi connectivity index (χ1v) is 10.3. The highest BCUT2D eigenvalue weighted by Gasteiger charge is 2.34. The number of hydrogen-bond donors (Lipinski definition) is 1. The van der Waals surface area contributed by atoms with Gasteiger partial charge in [-0.05, 0) is 74.0 Å². The predicted octanol–water partition coefficient (Wildman–Crippen LogP) is 3.88. The van der Waals surface area contributed by atoms with Crippen LogP contribution < -0.4 is 19.7 Å². The van der Waals surface area contributed by atoms with E-state index in [-0.39, 0.29) is 10.7 Å². The van der Waals surface area contributed by atoms with E-state index in [1.54, 1.807) is 18.2 Å². The van der Waals surface area contributed by atoms with Crippen molar-refractivity contribution in [3.8, 4) is 11.5 Å². The lowest BCUT2D eigenvalue weighted by molar-refractivity contribution is -0.122. The van der Waals surface area contributed by atoms with Gasteiger partial charge in [0.25, 0.3) is 11.8 Å². The third kappa shape index (κ3) is 4.52. The van der Waals surface area contributed by atoms with E-state index in [4.69, 9.17) is 21.7 Å². The van der Waals surface area contributed by atoms with Crippen LogP contribution in [0.25, 0.3) is 6.08 Å². The molecule has 0 bridgehead atoms. The maximum Gasteiger partial charge on any atom is 0.270 e. The van der Waals surface area contributed by atoms with Crippen LogP contribution in [0.15, 0.2) is 48.0 Å². The van der Waals surface area contributed by atoms with Gasteiger partial charge in [-0.25, -0.2) is 0 Å². The summed E-state index contributed by atoms with van der Waals surface area (Å²) in [5, 5.41) is 2.67. The summed E-state index contributed by atoms with van der Waals surface area (Å²) in [7, 11) is 0. The molecule has 0 spiro atoms. The van der Waals surface area contributed by atoms with Gasteiger partial charge in [0.05, 0.1) is 18.9 Å². The highest BCUT2D eigenvalue weighted by Crippen LogP contribution is 2.30. The summed E-state index contributed by atoms with van der Waals surface area (Å²) in [6.07, 6.45) is 2.42. The molecule has 6 nitrogen and oxygen atoms in total. The summed E-state index contributed by atoms with van der Waals surface area (Å²) >= 11 is 5.25. The number of aryl methyl sites for hydroxylation is 1. The number of nitrogens with zero attached hydrogens (tertiary/aromatic N) is 1. The lowest BCUT2D eigenvalue weighted by atomic mass is 10.1. The van der Waals surface area contributed by atoms with Crippen molar-refractivity contribution in [1.82, 2.24) is 5.32 Å². The van der Waals surface area contributed by atoms with Gasteiger partial charge in [0.15, 0.2) is 16.6 Å². The summed E-state index contributed by atoms with van der Waals surface area (Å²) in [4.78, 5) is 27.0. The van der Waals surface area contributed by atoms with Crippen molar-refractivity contribution in [2.24, 2.45) is 0 Å². The molecule has 0 radical (unpaired) electrons. The van der Waals surface area contributed by atoms with Crippen molar-refractivity contribution in [3.63, 3.8) is 0 Å². The summed E-state index contributed by atoms with van der Waals surface area (Å²) in [6, 6.07) is 12.8. The van der Waals surface area contributed by atoms with Gasteiger partial charge in [-0.1, -0.05) is 25.1 Å². The fourth-order valence-corrected chi connectivity index (χ4v) is 3.38. The molecule has 1 saturated heterocycles. The van der Waals surface area contributed by atoms with E-state index in [0.717, 1.165) is 12.0 Å². The molecule has 1 aliphatic rings. The number of carbonyl (C=O) groups is 2. The van der Waals surface area contributed by atoms with Crippen LogP contribution in [0.5, 0.6) is 11.5 Å². The standard InChI is InChI=1S/C23H24N2O4S/c1-4-15-7-10-17(11-8-15)25-22(27)18(21(26)24-23(25)30)13-16-9-12-19(28-5-2)20(14-16)29-6-3/h7-14H,4-6H2,1-3H3,(H,24,26,30). The van der Waals surface area contributed by atoms with Crippen LogP contribution >= 0.6 is 12.2 Å². The summed E-state index contributed by atoms with van der Waals surface area (Å²) in [5.41, 5.74) is 2.39. The maximum atomic E-state index is 13.1. The largest absolute Gasteiger partial charge is 0.490 e. The first-order valence-electron chi connectivity index (χ1n) is 9.88. The number of ether oxygens (including phenoxy) is 2. The first-order chi connectivity index (χ1) is 14.5.